The number of ether oxygens (including phenoxy) is 2. The molecule has 5 heteroatoms. The van der Waals surface area contributed by atoms with E-state index in [0.717, 1.165) is 36.6 Å². The molecule has 0 aliphatic heterocycles. The maximum Gasteiger partial charge on any atom is 0.373 e. The van der Waals surface area contributed by atoms with Crippen molar-refractivity contribution >= 4 is 5.97 Å². The van der Waals surface area contributed by atoms with Crippen LogP contribution in [0.25, 0.3) is 0 Å². The van der Waals surface area contributed by atoms with Crippen LogP contribution < -0.4 is 4.74 Å². The number of carbonyl (C=O) groups is 1. The SMILES string of the molecule is CCCN(Cc1ccc(C(=O)OC)o1)Cc1ccccc1OC. The number of para-hydroxylation sites is 1. The Morgan fingerprint density at radius 3 is 2.61 bits per heavy atom. The van der Waals surface area contributed by atoms with Gasteiger partial charge in [0.25, 0.3) is 0 Å². The first-order valence-corrected chi connectivity index (χ1v) is 7.69. The number of hydrogen-bond acceptors (Lipinski definition) is 5. The average molecular weight is 317 g/mol. The summed E-state index contributed by atoms with van der Waals surface area (Å²) in [4.78, 5) is 13.7. The molecule has 1 heterocycles. The summed E-state index contributed by atoms with van der Waals surface area (Å²) in [6.07, 6.45) is 1.03. The third-order valence-corrected chi connectivity index (χ3v) is 3.55. The van der Waals surface area contributed by atoms with E-state index in [0.29, 0.717) is 6.54 Å². The van der Waals surface area contributed by atoms with Crippen molar-refractivity contribution in [2.45, 2.75) is 26.4 Å². The summed E-state index contributed by atoms with van der Waals surface area (Å²) in [7, 11) is 3.02. The number of rotatable bonds is 8. The lowest BCUT2D eigenvalue weighted by atomic mass is 10.2. The highest BCUT2D eigenvalue weighted by Gasteiger charge is 2.15. The minimum atomic E-state index is -0.456. The molecule has 0 amide bonds. The van der Waals surface area contributed by atoms with Gasteiger partial charge in [0.15, 0.2) is 0 Å². The summed E-state index contributed by atoms with van der Waals surface area (Å²) in [5.74, 6) is 1.40. The highest BCUT2D eigenvalue weighted by Crippen LogP contribution is 2.21. The van der Waals surface area contributed by atoms with Gasteiger partial charge in [0.2, 0.25) is 5.76 Å². The van der Waals surface area contributed by atoms with Gasteiger partial charge in [0, 0.05) is 12.1 Å². The van der Waals surface area contributed by atoms with Crippen LogP contribution in [0.4, 0.5) is 0 Å². The molecule has 0 N–H and O–H groups in total. The molecule has 2 rings (SSSR count). The molecule has 1 aromatic heterocycles. The summed E-state index contributed by atoms with van der Waals surface area (Å²) in [5, 5.41) is 0. The minimum Gasteiger partial charge on any atom is -0.496 e. The van der Waals surface area contributed by atoms with Crippen molar-refractivity contribution in [2.24, 2.45) is 0 Å². The second-order valence-electron chi connectivity index (χ2n) is 5.28. The summed E-state index contributed by atoms with van der Waals surface area (Å²) in [6, 6.07) is 11.4. The van der Waals surface area contributed by atoms with Gasteiger partial charge in [-0.3, -0.25) is 4.90 Å². The van der Waals surface area contributed by atoms with Gasteiger partial charge in [-0.2, -0.15) is 0 Å². The quantitative estimate of drug-likeness (QED) is 0.698. The van der Waals surface area contributed by atoms with E-state index in [1.165, 1.54) is 7.11 Å². The van der Waals surface area contributed by atoms with Crippen LogP contribution in [-0.4, -0.2) is 31.6 Å². The van der Waals surface area contributed by atoms with E-state index >= 15 is 0 Å². The Hall–Kier alpha value is -2.27. The van der Waals surface area contributed by atoms with Crippen LogP contribution in [0.15, 0.2) is 40.8 Å². The van der Waals surface area contributed by atoms with E-state index in [1.54, 1.807) is 13.2 Å². The predicted octanol–water partition coefficient (Wildman–Crippen LogP) is 3.49. The molecule has 0 atom stereocenters. The standard InChI is InChI=1S/C18H23NO4/c1-4-11-19(12-14-7-5-6-8-16(14)21-2)13-15-9-10-17(23-15)18(20)22-3/h5-10H,4,11-13H2,1-3H3. The number of hydrogen-bond donors (Lipinski definition) is 0. The van der Waals surface area contributed by atoms with Gasteiger partial charge in [-0.05, 0) is 31.2 Å². The highest BCUT2D eigenvalue weighted by atomic mass is 16.5. The van der Waals surface area contributed by atoms with E-state index in [-0.39, 0.29) is 5.76 Å². The van der Waals surface area contributed by atoms with Crippen molar-refractivity contribution in [3.8, 4) is 5.75 Å². The summed E-state index contributed by atoms with van der Waals surface area (Å²) >= 11 is 0. The van der Waals surface area contributed by atoms with Crippen LogP contribution in [0.5, 0.6) is 5.75 Å². The Labute approximate surface area is 136 Å². The normalized spacial score (nSPS) is 10.8. The van der Waals surface area contributed by atoms with E-state index < -0.39 is 5.97 Å². The lowest BCUT2D eigenvalue weighted by Gasteiger charge is -2.21. The summed E-state index contributed by atoms with van der Waals surface area (Å²) in [5.41, 5.74) is 1.13. The van der Waals surface area contributed by atoms with Crippen LogP contribution in [0.1, 0.15) is 35.2 Å². The minimum absolute atomic E-state index is 0.233. The maximum atomic E-state index is 11.5. The molecule has 5 nitrogen and oxygen atoms in total. The lowest BCUT2D eigenvalue weighted by Crippen LogP contribution is -2.23. The highest BCUT2D eigenvalue weighted by molar-refractivity contribution is 5.86. The monoisotopic (exact) mass is 317 g/mol. The third-order valence-electron chi connectivity index (χ3n) is 3.55. The Bertz CT molecular complexity index is 635. The smallest absolute Gasteiger partial charge is 0.373 e. The lowest BCUT2D eigenvalue weighted by molar-refractivity contribution is 0.0561. The molecule has 0 unspecified atom stereocenters. The summed E-state index contributed by atoms with van der Waals surface area (Å²) < 4.78 is 15.6. The first-order chi connectivity index (χ1) is 11.2. The van der Waals surface area contributed by atoms with Gasteiger partial charge in [-0.1, -0.05) is 25.1 Å². The number of carbonyl (C=O) groups excluding carboxylic acids is 1. The third kappa shape index (κ3) is 4.60. The molecule has 0 saturated carbocycles. The number of methoxy groups -OCH3 is 2. The van der Waals surface area contributed by atoms with Gasteiger partial charge < -0.3 is 13.9 Å². The van der Waals surface area contributed by atoms with E-state index in [2.05, 4.69) is 22.6 Å². The van der Waals surface area contributed by atoms with Gasteiger partial charge >= 0.3 is 5.97 Å². The topological polar surface area (TPSA) is 51.9 Å². The zero-order valence-corrected chi connectivity index (χ0v) is 13.9. The van der Waals surface area contributed by atoms with Crippen molar-refractivity contribution in [3.63, 3.8) is 0 Å². The number of benzene rings is 1. The van der Waals surface area contributed by atoms with Crippen molar-refractivity contribution in [2.75, 3.05) is 20.8 Å². The molecular formula is C18H23NO4. The second-order valence-corrected chi connectivity index (χ2v) is 5.28. The van der Waals surface area contributed by atoms with Crippen LogP contribution in [0, 0.1) is 0 Å². The van der Waals surface area contributed by atoms with Gasteiger partial charge in [-0.25, -0.2) is 4.79 Å². The predicted molar refractivity (Wildman–Crippen MR) is 87.4 cm³/mol. The molecular weight excluding hydrogens is 294 g/mol. The van der Waals surface area contributed by atoms with E-state index in [9.17, 15) is 4.79 Å². The van der Waals surface area contributed by atoms with Crippen LogP contribution in [0.2, 0.25) is 0 Å². The number of furan rings is 1. The molecule has 23 heavy (non-hydrogen) atoms. The molecule has 0 saturated heterocycles. The zero-order chi connectivity index (χ0) is 16.7. The van der Waals surface area contributed by atoms with E-state index in [1.807, 2.05) is 24.3 Å². The van der Waals surface area contributed by atoms with E-state index in [4.69, 9.17) is 9.15 Å². The first-order valence-electron chi connectivity index (χ1n) is 7.69. The molecule has 0 spiro atoms. The Morgan fingerprint density at radius 1 is 1.13 bits per heavy atom. The van der Waals surface area contributed by atoms with Crippen LogP contribution >= 0.6 is 0 Å². The van der Waals surface area contributed by atoms with Gasteiger partial charge in [-0.15, -0.1) is 0 Å². The van der Waals surface area contributed by atoms with Crippen molar-refractivity contribution < 1.29 is 18.7 Å². The molecule has 0 radical (unpaired) electrons. The number of nitrogens with zero attached hydrogens (tertiary/aromatic N) is 1. The van der Waals surface area contributed by atoms with Gasteiger partial charge in [0.1, 0.15) is 11.5 Å². The zero-order valence-electron chi connectivity index (χ0n) is 13.9. The van der Waals surface area contributed by atoms with Crippen molar-refractivity contribution in [1.29, 1.82) is 0 Å². The Balaban J connectivity index is 2.09. The Morgan fingerprint density at radius 2 is 1.91 bits per heavy atom. The fourth-order valence-corrected chi connectivity index (χ4v) is 2.50. The molecule has 0 aliphatic rings. The van der Waals surface area contributed by atoms with Crippen molar-refractivity contribution in [1.82, 2.24) is 4.90 Å². The second kappa shape index (κ2) is 8.39. The van der Waals surface area contributed by atoms with Gasteiger partial charge in [0.05, 0.1) is 20.8 Å². The molecule has 1 aromatic carbocycles. The average Bonchev–Trinajstić information content (AvgIpc) is 3.03. The molecule has 124 valence electrons. The maximum absolute atomic E-state index is 11.5. The molecule has 0 bridgehead atoms. The largest absolute Gasteiger partial charge is 0.496 e. The summed E-state index contributed by atoms with van der Waals surface area (Å²) in [6.45, 7) is 4.44. The Kier molecular flexibility index (Phi) is 6.23. The first kappa shape index (κ1) is 17.1. The molecule has 0 fully saturated rings. The van der Waals surface area contributed by atoms with Crippen molar-refractivity contribution in [3.05, 3.63) is 53.5 Å². The molecule has 2 aromatic rings. The van der Waals surface area contributed by atoms with Crippen LogP contribution in [0.3, 0.4) is 0 Å². The number of esters is 1. The van der Waals surface area contributed by atoms with Crippen LogP contribution in [-0.2, 0) is 17.8 Å². The fourth-order valence-electron chi connectivity index (χ4n) is 2.50. The fraction of sp³-hybridized carbons (Fsp3) is 0.389. The molecule has 0 aliphatic carbocycles.